The molecule has 1 aromatic heterocycles. The molecule has 1 aliphatic rings. The van der Waals surface area contributed by atoms with E-state index in [0.717, 1.165) is 12.1 Å². The summed E-state index contributed by atoms with van der Waals surface area (Å²) in [6, 6.07) is 1.40. The molecule has 9 heteroatoms. The van der Waals surface area contributed by atoms with Crippen LogP contribution in [0.3, 0.4) is 0 Å². The van der Waals surface area contributed by atoms with Crippen molar-refractivity contribution in [2.45, 2.75) is 6.18 Å². The molecule has 0 spiro atoms. The van der Waals surface area contributed by atoms with Crippen LogP contribution in [0.4, 0.5) is 23.8 Å². The normalized spacial score (nSPS) is 16.3. The molecule has 1 aromatic rings. The van der Waals surface area contributed by atoms with Gasteiger partial charge in [0.25, 0.3) is 0 Å². The average molecular weight is 276 g/mol. The predicted octanol–water partition coefficient (Wildman–Crippen LogP) is 1.36. The van der Waals surface area contributed by atoms with Crippen molar-refractivity contribution < 1.29 is 22.7 Å². The Bertz CT molecular complexity index is 443. The van der Waals surface area contributed by atoms with Crippen LogP contribution in [-0.2, 0) is 10.9 Å². The molecule has 6 nitrogen and oxygen atoms in total. The maximum Gasteiger partial charge on any atom is 0.435 e. The highest BCUT2D eigenvalue weighted by atomic mass is 19.4. The number of anilines is 1. The van der Waals surface area contributed by atoms with Crippen molar-refractivity contribution in [3.8, 4) is 0 Å². The van der Waals surface area contributed by atoms with Gasteiger partial charge in [0, 0.05) is 13.1 Å². The Morgan fingerprint density at radius 1 is 1.26 bits per heavy atom. The van der Waals surface area contributed by atoms with E-state index in [0.29, 0.717) is 26.3 Å². The van der Waals surface area contributed by atoms with Gasteiger partial charge in [-0.1, -0.05) is 0 Å². The number of hydrogen-bond donors (Lipinski definition) is 1. The van der Waals surface area contributed by atoms with Crippen LogP contribution < -0.4 is 5.32 Å². The van der Waals surface area contributed by atoms with E-state index in [9.17, 15) is 18.0 Å². The largest absolute Gasteiger partial charge is 0.435 e. The lowest BCUT2D eigenvalue weighted by Gasteiger charge is -2.26. The molecule has 0 radical (unpaired) electrons. The van der Waals surface area contributed by atoms with E-state index in [4.69, 9.17) is 4.74 Å². The highest BCUT2D eigenvalue weighted by Crippen LogP contribution is 2.27. The van der Waals surface area contributed by atoms with Gasteiger partial charge in [-0.25, -0.2) is 4.79 Å². The van der Waals surface area contributed by atoms with Gasteiger partial charge in [-0.15, -0.1) is 10.2 Å². The number of nitrogens with zero attached hydrogens (tertiary/aromatic N) is 3. The summed E-state index contributed by atoms with van der Waals surface area (Å²) in [5, 5.41) is 8.72. The number of rotatable bonds is 1. The van der Waals surface area contributed by atoms with Gasteiger partial charge in [0.1, 0.15) is 0 Å². The second-order valence-corrected chi connectivity index (χ2v) is 3.83. The van der Waals surface area contributed by atoms with Crippen LogP contribution in [0.15, 0.2) is 12.1 Å². The van der Waals surface area contributed by atoms with Crippen molar-refractivity contribution in [3.63, 3.8) is 0 Å². The monoisotopic (exact) mass is 276 g/mol. The molecule has 0 aromatic carbocycles. The van der Waals surface area contributed by atoms with Gasteiger partial charge in [0.05, 0.1) is 13.2 Å². The number of carbonyl (C=O) groups is 1. The Kier molecular flexibility index (Phi) is 3.84. The smallest absolute Gasteiger partial charge is 0.378 e. The molecule has 2 heterocycles. The lowest BCUT2D eigenvalue weighted by atomic mass is 10.4. The number of urea groups is 1. The summed E-state index contributed by atoms with van der Waals surface area (Å²) >= 11 is 0. The van der Waals surface area contributed by atoms with Gasteiger partial charge in [-0.2, -0.15) is 13.2 Å². The second-order valence-electron chi connectivity index (χ2n) is 3.83. The topological polar surface area (TPSA) is 67.4 Å². The van der Waals surface area contributed by atoms with Crippen LogP contribution in [0.5, 0.6) is 0 Å². The first-order chi connectivity index (χ1) is 8.97. The van der Waals surface area contributed by atoms with Gasteiger partial charge in [-0.05, 0) is 12.1 Å². The summed E-state index contributed by atoms with van der Waals surface area (Å²) in [7, 11) is 0. The number of morpholine rings is 1. The number of amides is 2. The first kappa shape index (κ1) is 13.5. The molecule has 19 heavy (non-hydrogen) atoms. The van der Waals surface area contributed by atoms with Crippen LogP contribution >= 0.6 is 0 Å². The number of hydrogen-bond acceptors (Lipinski definition) is 4. The fourth-order valence-corrected chi connectivity index (χ4v) is 1.51. The lowest BCUT2D eigenvalue weighted by Crippen LogP contribution is -2.43. The van der Waals surface area contributed by atoms with Crippen LogP contribution in [0, 0.1) is 0 Å². The number of carbonyl (C=O) groups excluding carboxylic acids is 1. The van der Waals surface area contributed by atoms with E-state index in [1.165, 1.54) is 4.90 Å². The van der Waals surface area contributed by atoms with Gasteiger partial charge >= 0.3 is 12.2 Å². The minimum absolute atomic E-state index is 0.0236. The molecule has 1 fully saturated rings. The average Bonchev–Trinajstić information content (AvgIpc) is 2.39. The van der Waals surface area contributed by atoms with Gasteiger partial charge in [0.15, 0.2) is 11.5 Å². The van der Waals surface area contributed by atoms with Crippen LogP contribution in [0.25, 0.3) is 0 Å². The predicted molar refractivity (Wildman–Crippen MR) is 58.4 cm³/mol. The molecule has 0 bridgehead atoms. The Balaban J connectivity index is 1.97. The Hall–Kier alpha value is -1.90. The van der Waals surface area contributed by atoms with Crippen molar-refractivity contribution in [1.82, 2.24) is 15.1 Å². The number of alkyl halides is 3. The first-order valence-corrected chi connectivity index (χ1v) is 5.51. The molecule has 1 saturated heterocycles. The van der Waals surface area contributed by atoms with E-state index in [2.05, 4.69) is 15.5 Å². The first-order valence-electron chi connectivity index (χ1n) is 5.51. The Labute approximate surface area is 106 Å². The van der Waals surface area contributed by atoms with Crippen LogP contribution in [0.1, 0.15) is 5.69 Å². The van der Waals surface area contributed by atoms with E-state index in [1.54, 1.807) is 0 Å². The van der Waals surface area contributed by atoms with Crippen molar-refractivity contribution in [2.75, 3.05) is 31.6 Å². The van der Waals surface area contributed by atoms with Gasteiger partial charge in [0.2, 0.25) is 0 Å². The number of aromatic nitrogens is 2. The zero-order valence-electron chi connectivity index (χ0n) is 9.78. The van der Waals surface area contributed by atoms with Crippen LogP contribution in [0.2, 0.25) is 0 Å². The zero-order chi connectivity index (χ0) is 13.9. The minimum atomic E-state index is -4.54. The summed E-state index contributed by atoms with van der Waals surface area (Å²) in [5.74, 6) is -0.0236. The third-order valence-corrected chi connectivity index (χ3v) is 2.49. The van der Waals surface area contributed by atoms with Crippen molar-refractivity contribution in [3.05, 3.63) is 17.8 Å². The number of ether oxygens (including phenoxy) is 1. The molecular formula is C10H11F3N4O2. The van der Waals surface area contributed by atoms with Crippen molar-refractivity contribution >= 4 is 11.8 Å². The Morgan fingerprint density at radius 2 is 1.95 bits per heavy atom. The molecule has 0 unspecified atom stereocenters. The molecule has 1 aliphatic heterocycles. The maximum atomic E-state index is 12.3. The quantitative estimate of drug-likeness (QED) is 0.841. The van der Waals surface area contributed by atoms with Gasteiger partial charge in [-0.3, -0.25) is 5.32 Å². The summed E-state index contributed by atoms with van der Waals surface area (Å²) in [4.78, 5) is 13.2. The lowest BCUT2D eigenvalue weighted by molar-refractivity contribution is -0.141. The van der Waals surface area contributed by atoms with Crippen molar-refractivity contribution in [2.24, 2.45) is 0 Å². The molecule has 0 aliphatic carbocycles. The molecule has 104 valence electrons. The number of nitrogens with one attached hydrogen (secondary N) is 1. The van der Waals surface area contributed by atoms with Crippen molar-refractivity contribution in [1.29, 1.82) is 0 Å². The zero-order valence-corrected chi connectivity index (χ0v) is 9.78. The van der Waals surface area contributed by atoms with Crippen LogP contribution in [-0.4, -0.2) is 47.4 Å². The molecule has 1 N–H and O–H groups in total. The summed E-state index contributed by atoms with van der Waals surface area (Å²) < 4.78 is 41.9. The summed E-state index contributed by atoms with van der Waals surface area (Å²) in [6.07, 6.45) is -4.54. The fourth-order valence-electron chi connectivity index (χ4n) is 1.51. The second kappa shape index (κ2) is 5.39. The maximum absolute atomic E-state index is 12.3. The molecular weight excluding hydrogens is 265 g/mol. The standard InChI is InChI=1S/C10H11F3N4O2/c11-10(12,13)7-1-2-8(16-15-7)14-9(18)17-3-5-19-6-4-17/h1-2H,3-6H2,(H,14,16,18). The third kappa shape index (κ3) is 3.53. The van der Waals surface area contributed by atoms with E-state index in [1.807, 2.05) is 0 Å². The molecule has 0 saturated carbocycles. The molecule has 2 rings (SSSR count). The van der Waals surface area contributed by atoms with E-state index < -0.39 is 17.9 Å². The summed E-state index contributed by atoms with van der Waals surface area (Å²) in [5.41, 5.74) is -1.10. The molecule has 2 amide bonds. The number of halogens is 3. The minimum Gasteiger partial charge on any atom is -0.378 e. The van der Waals surface area contributed by atoms with E-state index in [-0.39, 0.29) is 5.82 Å². The van der Waals surface area contributed by atoms with Gasteiger partial charge < -0.3 is 9.64 Å². The highest BCUT2D eigenvalue weighted by Gasteiger charge is 2.33. The SMILES string of the molecule is O=C(Nc1ccc(C(F)(F)F)nn1)N1CCOCC1. The summed E-state index contributed by atoms with van der Waals surface area (Å²) in [6.45, 7) is 1.73. The van der Waals surface area contributed by atoms with E-state index >= 15 is 0 Å². The fraction of sp³-hybridized carbons (Fsp3) is 0.500. The highest BCUT2D eigenvalue weighted by molar-refractivity contribution is 5.88. The molecule has 0 atom stereocenters. The Morgan fingerprint density at radius 3 is 2.47 bits per heavy atom. The third-order valence-electron chi connectivity index (χ3n) is 2.49.